The van der Waals surface area contributed by atoms with Crippen LogP contribution in [0.5, 0.6) is 5.75 Å². The number of phenolic OH excluding ortho intramolecular Hbond substituents is 1. The van der Waals surface area contributed by atoms with Gasteiger partial charge in [0.15, 0.2) is 0 Å². The summed E-state index contributed by atoms with van der Waals surface area (Å²) >= 11 is 4.42. The zero-order valence-corrected chi connectivity index (χ0v) is 11.3. The van der Waals surface area contributed by atoms with Crippen molar-refractivity contribution in [2.75, 3.05) is 0 Å². The third-order valence-electron chi connectivity index (χ3n) is 1.68. The lowest BCUT2D eigenvalue weighted by Gasteiger charge is -2.10. The van der Waals surface area contributed by atoms with Gasteiger partial charge in [-0.25, -0.2) is 0 Å². The van der Waals surface area contributed by atoms with Crippen LogP contribution in [0, 0.1) is 7.14 Å². The molecule has 0 aromatic heterocycles. The van der Waals surface area contributed by atoms with E-state index in [0.29, 0.717) is 11.7 Å². The van der Waals surface area contributed by atoms with Gasteiger partial charge in [-0.3, -0.25) is 0 Å². The highest BCUT2D eigenvalue weighted by Gasteiger charge is 2.09. The molecular weight excluding hydrogens is 378 g/mol. The molecule has 1 rings (SSSR count). The smallest absolute Gasteiger partial charge is 0.132 e. The third-order valence-corrected chi connectivity index (χ3v) is 3.12. The molecule has 0 atom stereocenters. The molecule has 0 amide bonds. The van der Waals surface area contributed by atoms with Gasteiger partial charge in [0.25, 0.3) is 0 Å². The number of aromatic hydroxyl groups is 1. The molecular formula is C9H10I2O. The molecule has 0 aliphatic heterocycles. The highest BCUT2D eigenvalue weighted by atomic mass is 127. The fourth-order valence-corrected chi connectivity index (χ4v) is 2.92. The minimum absolute atomic E-state index is 0.383. The van der Waals surface area contributed by atoms with E-state index in [1.165, 1.54) is 3.57 Å². The molecule has 1 N–H and O–H groups in total. The van der Waals surface area contributed by atoms with Crippen molar-refractivity contribution < 1.29 is 5.11 Å². The molecule has 0 heterocycles. The Morgan fingerprint density at radius 1 is 1.25 bits per heavy atom. The zero-order valence-electron chi connectivity index (χ0n) is 6.94. The molecule has 0 saturated heterocycles. The van der Waals surface area contributed by atoms with Gasteiger partial charge >= 0.3 is 0 Å². The SMILES string of the molecule is CC(C)c1cc(I)cc(I)c1O. The topological polar surface area (TPSA) is 20.2 Å². The van der Waals surface area contributed by atoms with Crippen LogP contribution in [0.25, 0.3) is 0 Å². The number of halogens is 2. The first-order valence-corrected chi connectivity index (χ1v) is 5.86. The third kappa shape index (κ3) is 2.25. The first-order chi connectivity index (χ1) is 5.52. The van der Waals surface area contributed by atoms with Gasteiger partial charge in [-0.05, 0) is 68.8 Å². The van der Waals surface area contributed by atoms with E-state index in [0.717, 1.165) is 9.13 Å². The maximum atomic E-state index is 9.68. The number of phenols is 1. The lowest BCUT2D eigenvalue weighted by molar-refractivity contribution is 0.461. The van der Waals surface area contributed by atoms with Gasteiger partial charge in [0.05, 0.1) is 3.57 Å². The molecule has 1 aromatic rings. The summed E-state index contributed by atoms with van der Waals surface area (Å²) in [4.78, 5) is 0. The van der Waals surface area contributed by atoms with Crippen LogP contribution in [0.2, 0.25) is 0 Å². The van der Waals surface area contributed by atoms with Gasteiger partial charge in [0, 0.05) is 3.57 Å². The van der Waals surface area contributed by atoms with Crippen LogP contribution in [0.4, 0.5) is 0 Å². The number of benzene rings is 1. The van der Waals surface area contributed by atoms with E-state index < -0.39 is 0 Å². The van der Waals surface area contributed by atoms with Crippen molar-refractivity contribution in [1.29, 1.82) is 0 Å². The molecule has 0 fully saturated rings. The average molecular weight is 388 g/mol. The Labute approximate surface area is 99.8 Å². The number of rotatable bonds is 1. The largest absolute Gasteiger partial charge is 0.507 e. The summed E-state index contributed by atoms with van der Waals surface area (Å²) in [6, 6.07) is 4.01. The Morgan fingerprint density at radius 3 is 2.33 bits per heavy atom. The van der Waals surface area contributed by atoms with E-state index >= 15 is 0 Å². The minimum atomic E-state index is 0.383. The van der Waals surface area contributed by atoms with Gasteiger partial charge in [0.1, 0.15) is 5.75 Å². The molecule has 1 nitrogen and oxygen atoms in total. The Morgan fingerprint density at radius 2 is 1.83 bits per heavy atom. The predicted octanol–water partition coefficient (Wildman–Crippen LogP) is 3.72. The van der Waals surface area contributed by atoms with Crippen LogP contribution in [0.3, 0.4) is 0 Å². The molecule has 0 spiro atoms. The molecule has 0 aliphatic carbocycles. The van der Waals surface area contributed by atoms with Crippen molar-refractivity contribution in [2.24, 2.45) is 0 Å². The van der Waals surface area contributed by atoms with E-state index in [2.05, 4.69) is 59.0 Å². The molecule has 0 unspecified atom stereocenters. The zero-order chi connectivity index (χ0) is 9.30. The van der Waals surface area contributed by atoms with Gasteiger partial charge in [-0.2, -0.15) is 0 Å². The number of hydrogen-bond acceptors (Lipinski definition) is 1. The van der Waals surface area contributed by atoms with Gasteiger partial charge in [-0.15, -0.1) is 0 Å². The van der Waals surface area contributed by atoms with Crippen molar-refractivity contribution in [1.82, 2.24) is 0 Å². The van der Waals surface area contributed by atoms with Gasteiger partial charge < -0.3 is 5.11 Å². The van der Waals surface area contributed by atoms with Crippen LogP contribution >= 0.6 is 45.2 Å². The Balaban J connectivity index is 3.28. The fourth-order valence-electron chi connectivity index (χ4n) is 1.03. The second-order valence-corrected chi connectivity index (χ2v) is 5.39. The first kappa shape index (κ1) is 10.6. The normalized spacial score (nSPS) is 10.8. The summed E-state index contributed by atoms with van der Waals surface area (Å²) in [7, 11) is 0. The summed E-state index contributed by atoms with van der Waals surface area (Å²) < 4.78 is 2.11. The summed E-state index contributed by atoms with van der Waals surface area (Å²) in [6.45, 7) is 4.17. The number of hydrogen-bond donors (Lipinski definition) is 1. The molecule has 0 saturated carbocycles. The van der Waals surface area contributed by atoms with E-state index in [9.17, 15) is 5.11 Å². The molecule has 0 aliphatic rings. The minimum Gasteiger partial charge on any atom is -0.507 e. The van der Waals surface area contributed by atoms with E-state index in [4.69, 9.17) is 0 Å². The summed E-state index contributed by atoms with van der Waals surface area (Å²) in [6.07, 6.45) is 0. The lowest BCUT2D eigenvalue weighted by Crippen LogP contribution is -1.91. The Kier molecular flexibility index (Phi) is 3.63. The maximum absolute atomic E-state index is 9.68. The van der Waals surface area contributed by atoms with E-state index in [1.54, 1.807) is 0 Å². The van der Waals surface area contributed by atoms with E-state index in [1.807, 2.05) is 12.1 Å². The van der Waals surface area contributed by atoms with Gasteiger partial charge in [-0.1, -0.05) is 13.8 Å². The van der Waals surface area contributed by atoms with Crippen LogP contribution in [-0.2, 0) is 0 Å². The summed E-state index contributed by atoms with van der Waals surface area (Å²) in [5.41, 5.74) is 1.03. The van der Waals surface area contributed by atoms with Crippen LogP contribution in [0.15, 0.2) is 12.1 Å². The van der Waals surface area contributed by atoms with Crippen LogP contribution < -0.4 is 0 Å². The lowest BCUT2D eigenvalue weighted by atomic mass is 10.0. The Bertz CT molecular complexity index is 295. The van der Waals surface area contributed by atoms with Crippen molar-refractivity contribution in [3.05, 3.63) is 24.8 Å². The molecule has 1 aromatic carbocycles. The Hall–Kier alpha value is 0.480. The first-order valence-electron chi connectivity index (χ1n) is 3.70. The summed E-state index contributed by atoms with van der Waals surface area (Å²) in [5, 5.41) is 9.68. The second kappa shape index (κ2) is 4.13. The van der Waals surface area contributed by atoms with Crippen molar-refractivity contribution in [3.8, 4) is 5.75 Å². The maximum Gasteiger partial charge on any atom is 0.132 e. The van der Waals surface area contributed by atoms with E-state index in [-0.39, 0.29) is 0 Å². The quantitative estimate of drug-likeness (QED) is 0.728. The van der Waals surface area contributed by atoms with Crippen molar-refractivity contribution in [3.63, 3.8) is 0 Å². The molecule has 12 heavy (non-hydrogen) atoms. The molecule has 66 valence electrons. The van der Waals surface area contributed by atoms with Crippen molar-refractivity contribution >= 4 is 45.2 Å². The average Bonchev–Trinajstić information content (AvgIpc) is 1.96. The molecule has 0 bridgehead atoms. The standard InChI is InChI=1S/C9H10I2O/c1-5(2)7-3-6(10)4-8(11)9(7)12/h3-5,12H,1-2H3. The highest BCUT2D eigenvalue weighted by Crippen LogP contribution is 2.31. The van der Waals surface area contributed by atoms with Gasteiger partial charge in [0.2, 0.25) is 0 Å². The molecule has 0 radical (unpaired) electrons. The predicted molar refractivity (Wildman–Crippen MR) is 67.6 cm³/mol. The highest BCUT2D eigenvalue weighted by molar-refractivity contribution is 14.1. The fraction of sp³-hybridized carbons (Fsp3) is 0.333. The van der Waals surface area contributed by atoms with Crippen molar-refractivity contribution in [2.45, 2.75) is 19.8 Å². The van der Waals surface area contributed by atoms with Crippen LogP contribution in [0.1, 0.15) is 25.3 Å². The molecule has 3 heteroatoms. The summed E-state index contributed by atoms with van der Waals surface area (Å²) in [5.74, 6) is 0.819. The second-order valence-electron chi connectivity index (χ2n) is 2.98. The monoisotopic (exact) mass is 388 g/mol. The van der Waals surface area contributed by atoms with Crippen LogP contribution in [-0.4, -0.2) is 5.11 Å².